The second-order valence-corrected chi connectivity index (χ2v) is 4.02. The number of nitrogens with zero attached hydrogens (tertiary/aromatic N) is 3. The van der Waals surface area contributed by atoms with Gasteiger partial charge in [-0.15, -0.1) is 5.10 Å². The Labute approximate surface area is 81.4 Å². The summed E-state index contributed by atoms with van der Waals surface area (Å²) in [5, 5.41) is 16.8. The van der Waals surface area contributed by atoms with Crippen LogP contribution in [-0.4, -0.2) is 39.4 Å². The summed E-state index contributed by atoms with van der Waals surface area (Å²) in [4.78, 5) is 0. The van der Waals surface area contributed by atoms with E-state index in [-0.39, 0.29) is 0 Å². The summed E-state index contributed by atoms with van der Waals surface area (Å²) in [6.45, 7) is 0.760. The van der Waals surface area contributed by atoms with Gasteiger partial charge >= 0.3 is 0 Å². The molecule has 6 heteroatoms. The van der Waals surface area contributed by atoms with Crippen LogP contribution >= 0.6 is 0 Å². The van der Waals surface area contributed by atoms with Gasteiger partial charge in [0.1, 0.15) is 0 Å². The Bertz CT molecular complexity index is 297. The molecule has 2 unspecified atom stereocenters. The van der Waals surface area contributed by atoms with Crippen molar-refractivity contribution >= 4 is 5.95 Å². The standard InChI is InChI=1S/C8H13N5O/c1-2-5(1)7-3-6(4-14-7)9-8-10-12-13-11-8/h5-7H,1-4H2,(H2,9,10,11,12,13). The molecule has 2 atom stereocenters. The average molecular weight is 195 g/mol. The van der Waals surface area contributed by atoms with Crippen molar-refractivity contribution in [3.05, 3.63) is 0 Å². The topological polar surface area (TPSA) is 75.7 Å². The lowest BCUT2D eigenvalue weighted by Crippen LogP contribution is -2.20. The molecular formula is C8H13N5O. The zero-order valence-electron chi connectivity index (χ0n) is 7.81. The first kappa shape index (κ1) is 8.16. The lowest BCUT2D eigenvalue weighted by molar-refractivity contribution is 0.0935. The predicted molar refractivity (Wildman–Crippen MR) is 48.7 cm³/mol. The quantitative estimate of drug-likeness (QED) is 0.719. The molecule has 0 bridgehead atoms. The first-order valence-corrected chi connectivity index (χ1v) is 5.03. The van der Waals surface area contributed by atoms with Crippen LogP contribution in [0.3, 0.4) is 0 Å². The van der Waals surface area contributed by atoms with E-state index < -0.39 is 0 Å². The number of aromatic amines is 1. The highest BCUT2D eigenvalue weighted by Gasteiger charge is 2.37. The highest BCUT2D eigenvalue weighted by Crippen LogP contribution is 2.38. The number of rotatable bonds is 3. The van der Waals surface area contributed by atoms with E-state index in [1.165, 1.54) is 12.8 Å². The van der Waals surface area contributed by atoms with Crippen LogP contribution in [0.4, 0.5) is 5.95 Å². The van der Waals surface area contributed by atoms with Crippen molar-refractivity contribution in [2.45, 2.75) is 31.4 Å². The molecule has 1 aliphatic carbocycles. The second-order valence-electron chi connectivity index (χ2n) is 4.02. The number of H-pyrrole nitrogens is 1. The molecule has 0 radical (unpaired) electrons. The Morgan fingerprint density at radius 3 is 3.07 bits per heavy atom. The smallest absolute Gasteiger partial charge is 0.263 e. The van der Waals surface area contributed by atoms with Crippen molar-refractivity contribution in [2.75, 3.05) is 11.9 Å². The molecule has 3 rings (SSSR count). The van der Waals surface area contributed by atoms with E-state index in [1.54, 1.807) is 0 Å². The number of hydrogen-bond donors (Lipinski definition) is 2. The fourth-order valence-electron chi connectivity index (χ4n) is 1.96. The highest BCUT2D eigenvalue weighted by atomic mass is 16.5. The third kappa shape index (κ3) is 1.57. The highest BCUT2D eigenvalue weighted by molar-refractivity contribution is 5.22. The summed E-state index contributed by atoms with van der Waals surface area (Å²) in [5.41, 5.74) is 0. The molecular weight excluding hydrogens is 182 g/mol. The van der Waals surface area contributed by atoms with Crippen molar-refractivity contribution in [1.82, 2.24) is 20.6 Å². The maximum absolute atomic E-state index is 5.69. The first-order valence-electron chi connectivity index (χ1n) is 5.03. The van der Waals surface area contributed by atoms with Crippen molar-refractivity contribution < 1.29 is 4.74 Å². The van der Waals surface area contributed by atoms with Crippen LogP contribution in [0.2, 0.25) is 0 Å². The number of tetrazole rings is 1. The molecule has 0 amide bonds. The minimum absolute atomic E-state index is 0.346. The van der Waals surface area contributed by atoms with Gasteiger partial charge in [0.05, 0.1) is 18.8 Å². The van der Waals surface area contributed by atoms with Gasteiger partial charge in [-0.05, 0) is 30.4 Å². The van der Waals surface area contributed by atoms with Gasteiger partial charge in [0.15, 0.2) is 0 Å². The van der Waals surface area contributed by atoms with E-state index >= 15 is 0 Å². The molecule has 1 aromatic heterocycles. The molecule has 76 valence electrons. The molecule has 0 spiro atoms. The Morgan fingerprint density at radius 2 is 2.36 bits per heavy atom. The average Bonchev–Trinajstić information content (AvgIpc) is 2.75. The molecule has 14 heavy (non-hydrogen) atoms. The van der Waals surface area contributed by atoms with Crippen LogP contribution in [-0.2, 0) is 4.74 Å². The molecule has 1 aromatic rings. The molecule has 2 fully saturated rings. The molecule has 2 aliphatic rings. The molecule has 2 N–H and O–H groups in total. The molecule has 1 aliphatic heterocycles. The summed E-state index contributed by atoms with van der Waals surface area (Å²) in [6, 6.07) is 0.346. The van der Waals surface area contributed by atoms with Crippen LogP contribution in [0.15, 0.2) is 0 Å². The summed E-state index contributed by atoms with van der Waals surface area (Å²) < 4.78 is 5.69. The molecule has 6 nitrogen and oxygen atoms in total. The van der Waals surface area contributed by atoms with E-state index in [0.29, 0.717) is 18.1 Å². The van der Waals surface area contributed by atoms with Gasteiger partial charge in [-0.2, -0.15) is 5.21 Å². The normalized spacial score (nSPS) is 32.0. The maximum Gasteiger partial charge on any atom is 0.263 e. The number of aromatic nitrogens is 4. The van der Waals surface area contributed by atoms with Gasteiger partial charge in [-0.3, -0.25) is 0 Å². The summed E-state index contributed by atoms with van der Waals surface area (Å²) >= 11 is 0. The summed E-state index contributed by atoms with van der Waals surface area (Å²) in [6.07, 6.45) is 4.19. The second kappa shape index (κ2) is 3.20. The van der Waals surface area contributed by atoms with E-state index in [4.69, 9.17) is 4.74 Å². The van der Waals surface area contributed by atoms with Crippen molar-refractivity contribution in [3.8, 4) is 0 Å². The van der Waals surface area contributed by atoms with E-state index in [9.17, 15) is 0 Å². The minimum atomic E-state index is 0.346. The van der Waals surface area contributed by atoms with Crippen LogP contribution < -0.4 is 5.32 Å². The summed E-state index contributed by atoms with van der Waals surface area (Å²) in [5.74, 6) is 1.38. The van der Waals surface area contributed by atoms with E-state index in [2.05, 4.69) is 25.9 Å². The lowest BCUT2D eigenvalue weighted by Gasteiger charge is -2.07. The molecule has 1 saturated carbocycles. The van der Waals surface area contributed by atoms with Gasteiger partial charge in [0, 0.05) is 0 Å². The SMILES string of the molecule is C1OC(C2CC2)CC1Nc1nn[nH]n1. The van der Waals surface area contributed by atoms with E-state index in [1.807, 2.05) is 0 Å². The number of ether oxygens (including phenoxy) is 1. The predicted octanol–water partition coefficient (Wildman–Crippen LogP) is 0.179. The van der Waals surface area contributed by atoms with Crippen LogP contribution in [0, 0.1) is 5.92 Å². The first-order chi connectivity index (χ1) is 6.92. The number of hydrogen-bond acceptors (Lipinski definition) is 5. The molecule has 1 saturated heterocycles. The van der Waals surface area contributed by atoms with Gasteiger partial charge in [-0.1, -0.05) is 5.10 Å². The van der Waals surface area contributed by atoms with Gasteiger partial charge < -0.3 is 10.1 Å². The van der Waals surface area contributed by atoms with Crippen molar-refractivity contribution in [3.63, 3.8) is 0 Å². The van der Waals surface area contributed by atoms with Gasteiger partial charge in [0.2, 0.25) is 0 Å². The Morgan fingerprint density at radius 1 is 1.43 bits per heavy atom. The van der Waals surface area contributed by atoms with E-state index in [0.717, 1.165) is 18.9 Å². The van der Waals surface area contributed by atoms with Crippen LogP contribution in [0.1, 0.15) is 19.3 Å². The molecule has 2 heterocycles. The zero-order valence-corrected chi connectivity index (χ0v) is 7.81. The van der Waals surface area contributed by atoms with Crippen LogP contribution in [0.25, 0.3) is 0 Å². The number of anilines is 1. The fourth-order valence-corrected chi connectivity index (χ4v) is 1.96. The monoisotopic (exact) mass is 195 g/mol. The fraction of sp³-hybridized carbons (Fsp3) is 0.875. The minimum Gasteiger partial charge on any atom is -0.376 e. The Hall–Kier alpha value is -1.17. The largest absolute Gasteiger partial charge is 0.376 e. The third-order valence-corrected chi connectivity index (χ3v) is 2.85. The van der Waals surface area contributed by atoms with Gasteiger partial charge in [-0.25, -0.2) is 0 Å². The Kier molecular flexibility index (Phi) is 1.86. The molecule has 0 aromatic carbocycles. The van der Waals surface area contributed by atoms with Gasteiger partial charge in [0.25, 0.3) is 5.95 Å². The van der Waals surface area contributed by atoms with Crippen LogP contribution in [0.5, 0.6) is 0 Å². The number of nitrogens with one attached hydrogen (secondary N) is 2. The lowest BCUT2D eigenvalue weighted by atomic mass is 10.1. The zero-order chi connectivity index (χ0) is 9.38. The maximum atomic E-state index is 5.69. The van der Waals surface area contributed by atoms with Crippen molar-refractivity contribution in [2.24, 2.45) is 5.92 Å². The Balaban J connectivity index is 1.55. The third-order valence-electron chi connectivity index (χ3n) is 2.85. The summed E-state index contributed by atoms with van der Waals surface area (Å²) in [7, 11) is 0. The van der Waals surface area contributed by atoms with Crippen molar-refractivity contribution in [1.29, 1.82) is 0 Å².